The average molecular weight is 1350 g/mol. The summed E-state index contributed by atoms with van der Waals surface area (Å²) in [6, 6.07) is 33.4. The number of rotatable bonds is 11. The summed E-state index contributed by atoms with van der Waals surface area (Å²) in [5, 5.41) is 49.6. The molecule has 3 amide bonds. The highest BCUT2D eigenvalue weighted by molar-refractivity contribution is 5.98. The van der Waals surface area contributed by atoms with E-state index < -0.39 is 89.0 Å². The highest BCUT2D eigenvalue weighted by Crippen LogP contribution is 2.37. The Kier molecular flexibility index (Phi) is 29.0. The summed E-state index contributed by atoms with van der Waals surface area (Å²) in [5.41, 5.74) is 13.5. The van der Waals surface area contributed by atoms with Gasteiger partial charge in [-0.1, -0.05) is 35.5 Å². The minimum absolute atomic E-state index is 0.0459. The van der Waals surface area contributed by atoms with E-state index in [-0.39, 0.29) is 16.7 Å². The summed E-state index contributed by atoms with van der Waals surface area (Å²) in [4.78, 5) is 69.4. The van der Waals surface area contributed by atoms with E-state index in [0.717, 1.165) is 48.9 Å². The number of hydrogen-bond donors (Lipinski definition) is 11. The number of carboxylic acid groups (broad SMARTS) is 1. The third-order valence-corrected chi connectivity index (χ3v) is 13.2. The summed E-state index contributed by atoms with van der Waals surface area (Å²) in [6.45, 7) is 2.17. The van der Waals surface area contributed by atoms with Crippen molar-refractivity contribution in [1.82, 2.24) is 16.1 Å². The van der Waals surface area contributed by atoms with Crippen LogP contribution in [0.3, 0.4) is 0 Å². The van der Waals surface area contributed by atoms with Crippen molar-refractivity contribution < 1.29 is 103 Å². The van der Waals surface area contributed by atoms with Crippen molar-refractivity contribution >= 4 is 52.7 Å². The van der Waals surface area contributed by atoms with Crippen molar-refractivity contribution in [2.45, 2.75) is 75.1 Å². The summed E-state index contributed by atoms with van der Waals surface area (Å²) >= 11 is 0. The molecule has 0 aromatic heterocycles. The van der Waals surface area contributed by atoms with E-state index in [9.17, 15) is 78.5 Å². The Hall–Kier alpha value is -11.9. The number of carboxylic acids is 1. The van der Waals surface area contributed by atoms with Crippen molar-refractivity contribution in [3.8, 4) is 71.0 Å². The van der Waals surface area contributed by atoms with E-state index in [1.807, 2.05) is 17.4 Å². The van der Waals surface area contributed by atoms with Crippen molar-refractivity contribution in [2.75, 3.05) is 31.4 Å². The van der Waals surface area contributed by atoms with Gasteiger partial charge in [-0.05, 0) is 209 Å². The van der Waals surface area contributed by atoms with E-state index >= 15 is 0 Å². The number of nitrogens with one attached hydrogen (secondary N) is 3. The van der Waals surface area contributed by atoms with Gasteiger partial charge in [-0.2, -0.15) is 39.5 Å². The molecule has 0 aliphatic rings. The maximum atomic E-state index is 13.1. The predicted octanol–water partition coefficient (Wildman–Crippen LogP) is 7.32. The number of methoxy groups -OCH3 is 2. The molecule has 6 aromatic carbocycles. The number of carbonyl (C=O) groups is 6. The first-order valence-electron chi connectivity index (χ1n) is 27.4. The molecular weight excluding hydrogens is 1290 g/mol. The van der Waals surface area contributed by atoms with Crippen molar-refractivity contribution in [3.63, 3.8) is 0 Å². The zero-order chi connectivity index (χ0) is 73.1. The first kappa shape index (κ1) is 79.3. The van der Waals surface area contributed by atoms with Crippen LogP contribution in [0.1, 0.15) is 92.1 Å². The van der Waals surface area contributed by atoms with Crippen LogP contribution < -0.4 is 33.3 Å². The Morgan fingerprint density at radius 3 is 0.876 bits per heavy atom. The lowest BCUT2D eigenvalue weighted by Crippen LogP contribution is -2.64. The number of ether oxygens (including phenoxy) is 2. The number of amides is 3. The normalized spacial score (nSPS) is 13.1. The third kappa shape index (κ3) is 24.5. The van der Waals surface area contributed by atoms with Gasteiger partial charge in [-0.3, -0.25) is 24.4 Å². The molecule has 0 bridgehead atoms. The largest absolute Gasteiger partial charge is 0.478 e. The van der Waals surface area contributed by atoms with Gasteiger partial charge in [-0.15, -0.1) is 0 Å². The van der Waals surface area contributed by atoms with Gasteiger partial charge in [0, 0.05) is 61.6 Å². The Balaban J connectivity index is 0.000000354. The van der Waals surface area contributed by atoms with Gasteiger partial charge >= 0.3 is 36.4 Å². The number of hydrogen-bond acceptors (Lipinski definition) is 15. The van der Waals surface area contributed by atoms with E-state index in [2.05, 4.69) is 80.5 Å². The van der Waals surface area contributed by atoms with Crippen molar-refractivity contribution in [1.29, 1.82) is 0 Å². The van der Waals surface area contributed by atoms with Gasteiger partial charge in [0.25, 0.3) is 17.7 Å². The van der Waals surface area contributed by atoms with E-state index in [1.165, 1.54) is 60.7 Å². The standard InChI is InChI=1S/C23H19F3N2O4.C22H18F3N3O4.C17H11NO2.C7H11F3O3/c1-22(31,23(24,25)26)19(21(30)32-2)28-20(29)17-11-7-15(8-12-17)5-3-4-6-16-9-13-18(27)14-10-16;1-21(31,22(23,24)25)18(20(30)28-32)27-19(29)16-10-6-14(7-11-16)4-2-3-5-15-8-12-17(26)13-9-15;18-16-11-7-14(8-12-16)4-2-1-3-13-5-9-15(10-6-13)17(19)20;1-4(5(11)13-3)6(2,12)7(8,9)10/h7-14,19,31H,27H2,1-2H3,(H,28,29);6-13,18,31-32H,26H2,1H3,(H,27,29)(H,28,30);5-12H,18H2,(H,19,20);4,12H,1-3H3/t19-,22+;18-,21+;;4-,6+/m11.1/s1. The average Bonchev–Trinajstić information content (AvgIpc) is 0.797. The van der Waals surface area contributed by atoms with Crippen LogP contribution in [-0.4, -0.2) is 123 Å². The number of halogens is 9. The smallest absolute Gasteiger partial charge is 0.419 e. The number of hydroxylamine groups is 1. The van der Waals surface area contributed by atoms with Crippen LogP contribution in [0.25, 0.3) is 0 Å². The number of nitrogens with two attached hydrogens (primary N) is 3. The second kappa shape index (κ2) is 35.4. The zero-order valence-electron chi connectivity index (χ0n) is 51.7. The quantitative estimate of drug-likeness (QED) is 0.0151. The van der Waals surface area contributed by atoms with E-state index in [0.29, 0.717) is 49.0 Å². The number of nitrogen functional groups attached to an aromatic ring is 3. The minimum Gasteiger partial charge on any atom is -0.478 e. The molecule has 6 rings (SSSR count). The van der Waals surface area contributed by atoms with Crippen molar-refractivity contribution in [3.05, 3.63) is 196 Å². The van der Waals surface area contributed by atoms with E-state index in [1.54, 1.807) is 78.1 Å². The van der Waals surface area contributed by atoms with Crippen LogP contribution in [0.2, 0.25) is 0 Å². The van der Waals surface area contributed by atoms with Gasteiger partial charge in [0.05, 0.1) is 25.7 Å². The lowest BCUT2D eigenvalue weighted by molar-refractivity contribution is -0.270. The molecule has 0 saturated heterocycles. The molecule has 14 N–H and O–H groups in total. The fourth-order valence-electron chi connectivity index (χ4n) is 6.91. The first-order chi connectivity index (χ1) is 45.2. The molecule has 0 saturated carbocycles. The number of esters is 2. The lowest BCUT2D eigenvalue weighted by atomic mass is 9.90. The van der Waals surface area contributed by atoms with Gasteiger partial charge in [0.1, 0.15) is 6.04 Å². The molecule has 19 nitrogen and oxygen atoms in total. The summed E-state index contributed by atoms with van der Waals surface area (Å²) in [7, 11) is 1.81. The molecule has 6 atom stereocenters. The molecule has 506 valence electrons. The molecule has 0 aliphatic carbocycles. The number of aliphatic hydroxyl groups is 3. The summed E-state index contributed by atoms with van der Waals surface area (Å²) < 4.78 is 123. The fourth-order valence-corrected chi connectivity index (χ4v) is 6.91. The van der Waals surface area contributed by atoms with Crippen LogP contribution >= 0.6 is 0 Å². The second-order valence-electron chi connectivity index (χ2n) is 20.4. The van der Waals surface area contributed by atoms with Gasteiger partial charge in [-0.25, -0.2) is 15.1 Å². The number of anilines is 3. The molecule has 0 heterocycles. The topological polar surface area (TPSA) is 336 Å². The molecule has 0 aliphatic heterocycles. The first-order valence-corrected chi connectivity index (χ1v) is 27.4. The molecule has 0 radical (unpaired) electrons. The highest BCUT2D eigenvalue weighted by atomic mass is 19.4. The van der Waals surface area contributed by atoms with Gasteiger partial charge in [0.2, 0.25) is 0 Å². The predicted molar refractivity (Wildman–Crippen MR) is 336 cm³/mol. The Labute approximate surface area is 549 Å². The number of aromatic carboxylic acids is 1. The highest BCUT2D eigenvalue weighted by Gasteiger charge is 2.60. The second-order valence-corrected chi connectivity index (χ2v) is 20.4. The Bertz CT molecular complexity index is 3970. The molecular formula is C69H59F9N6O13. The summed E-state index contributed by atoms with van der Waals surface area (Å²) in [5.74, 6) is 24.1. The van der Waals surface area contributed by atoms with Crippen LogP contribution in [0.5, 0.6) is 0 Å². The molecule has 0 unspecified atom stereocenters. The van der Waals surface area contributed by atoms with Crippen LogP contribution in [-0.2, 0) is 23.9 Å². The van der Waals surface area contributed by atoms with Crippen LogP contribution in [0.4, 0.5) is 56.6 Å². The third-order valence-electron chi connectivity index (χ3n) is 13.2. The minimum atomic E-state index is -5.26. The monoisotopic (exact) mass is 1350 g/mol. The number of alkyl halides is 9. The Morgan fingerprint density at radius 2 is 0.639 bits per heavy atom. The molecule has 6 aromatic rings. The fraction of sp³-hybridized carbons (Fsp3) is 0.217. The number of carbonyl (C=O) groups excluding carboxylic acids is 5. The van der Waals surface area contributed by atoms with E-state index in [4.69, 9.17) is 32.6 Å². The van der Waals surface area contributed by atoms with Crippen LogP contribution in [0.15, 0.2) is 146 Å². The SMILES string of the molecule is COC(=O)[C@@H](C)[C@](C)(O)C(F)(F)F.COC(=O)[C@@H](NC(=O)c1ccc(C#CC#Cc2ccc(N)cc2)cc1)[C@](C)(O)C(F)(F)F.C[C@](O)([C@H](NC(=O)c1ccc(C#CC#Cc2ccc(N)cc2)cc1)C(=O)NO)C(F)(F)F.Nc1ccc(C#CC#Cc2ccc(C(=O)O)cc2)cc1. The zero-order valence-corrected chi connectivity index (χ0v) is 51.7. The Morgan fingerprint density at radius 1 is 0.402 bits per heavy atom. The molecule has 28 heteroatoms. The molecule has 97 heavy (non-hydrogen) atoms. The number of benzene rings is 6. The van der Waals surface area contributed by atoms with Crippen molar-refractivity contribution in [2.24, 2.45) is 5.92 Å². The lowest BCUT2D eigenvalue weighted by Gasteiger charge is -2.33. The summed E-state index contributed by atoms with van der Waals surface area (Å²) in [6.07, 6.45) is -15.3. The van der Waals surface area contributed by atoms with Gasteiger partial charge in [0.15, 0.2) is 22.8 Å². The maximum absolute atomic E-state index is 13.1. The van der Waals surface area contributed by atoms with Crippen LogP contribution in [0, 0.1) is 77.0 Å². The van der Waals surface area contributed by atoms with Gasteiger partial charge < -0.3 is 57.7 Å². The molecule has 0 fully saturated rings. The maximum Gasteiger partial charge on any atom is 0.419 e. The molecule has 0 spiro atoms.